The van der Waals surface area contributed by atoms with Gasteiger partial charge in [0.25, 0.3) is 0 Å². The highest BCUT2D eigenvalue weighted by Gasteiger charge is 2.35. The van der Waals surface area contributed by atoms with Crippen molar-refractivity contribution in [2.75, 3.05) is 5.75 Å². The molecule has 0 radical (unpaired) electrons. The van der Waals surface area contributed by atoms with Crippen molar-refractivity contribution in [1.29, 1.82) is 0 Å². The second-order valence-electron chi connectivity index (χ2n) is 13.6. The lowest BCUT2D eigenvalue weighted by Gasteiger charge is -2.30. The predicted octanol–water partition coefficient (Wildman–Crippen LogP) is 7.37. The molecule has 1 atom stereocenters. The fraction of sp³-hybridized carbons (Fsp3) is 0.405. The summed E-state index contributed by atoms with van der Waals surface area (Å²) in [6, 6.07) is 12.8. The molecule has 0 saturated carbocycles. The summed E-state index contributed by atoms with van der Waals surface area (Å²) >= 11 is 0. The number of halogens is 1. The van der Waals surface area contributed by atoms with Crippen LogP contribution in [0.2, 0.25) is 0 Å². The summed E-state index contributed by atoms with van der Waals surface area (Å²) in [6.45, 7) is 8.88. The zero-order valence-electron chi connectivity index (χ0n) is 28.6. The molecule has 3 aromatic heterocycles. The third-order valence-electron chi connectivity index (χ3n) is 9.54. The van der Waals surface area contributed by atoms with E-state index in [1.165, 1.54) is 12.3 Å². The lowest BCUT2D eigenvalue weighted by Crippen LogP contribution is -2.27. The lowest BCUT2D eigenvalue weighted by molar-refractivity contribution is -0.136. The number of pyridine rings is 1. The van der Waals surface area contributed by atoms with E-state index in [2.05, 4.69) is 49.8 Å². The first-order valence-electron chi connectivity index (χ1n) is 16.6. The van der Waals surface area contributed by atoms with Crippen molar-refractivity contribution in [2.24, 2.45) is 12.5 Å². The first kappa shape index (κ1) is 35.7. The molecule has 2 aromatic carbocycles. The van der Waals surface area contributed by atoms with Crippen LogP contribution in [0.15, 0.2) is 61.1 Å². The Labute approximate surface area is 287 Å². The number of hydrogen-bond donors (Lipinski definition) is 3. The van der Waals surface area contributed by atoms with Crippen LogP contribution in [0.1, 0.15) is 82.3 Å². The minimum Gasteiger partial charge on any atom is -0.481 e. The number of thiol groups is 1. The number of aliphatic carboxylic acids is 1. The molecule has 0 amide bonds. The highest BCUT2D eigenvalue weighted by Crippen LogP contribution is 2.40. The van der Waals surface area contributed by atoms with Gasteiger partial charge in [-0.15, -0.1) is 0 Å². The maximum absolute atomic E-state index is 15.4. The smallest absolute Gasteiger partial charge is 0.303 e. The summed E-state index contributed by atoms with van der Waals surface area (Å²) in [4.78, 5) is 23.7. The largest absolute Gasteiger partial charge is 0.481 e. The molecule has 0 spiro atoms. The van der Waals surface area contributed by atoms with Gasteiger partial charge in [-0.3, -0.25) is 9.78 Å². The maximum atomic E-state index is 15.4. The van der Waals surface area contributed by atoms with Crippen molar-refractivity contribution < 1.29 is 27.4 Å². The molecule has 2 N–H and O–H groups in total. The number of carboxylic acids is 1. The molecule has 0 saturated heterocycles. The summed E-state index contributed by atoms with van der Waals surface area (Å²) < 4.78 is 46.1. The van der Waals surface area contributed by atoms with Gasteiger partial charge in [0.15, 0.2) is 23.2 Å². The minimum absolute atomic E-state index is 0.0469. The van der Waals surface area contributed by atoms with E-state index in [-0.39, 0.29) is 35.5 Å². The number of H-pyrrole nitrogens is 1. The van der Waals surface area contributed by atoms with Gasteiger partial charge >= 0.3 is 5.97 Å². The zero-order chi connectivity index (χ0) is 35.3. The van der Waals surface area contributed by atoms with Gasteiger partial charge in [0.05, 0.1) is 17.4 Å². The van der Waals surface area contributed by atoms with E-state index in [1.54, 1.807) is 29.2 Å². The predicted molar refractivity (Wildman–Crippen MR) is 188 cm³/mol. The van der Waals surface area contributed by atoms with E-state index in [9.17, 15) is 18.3 Å². The van der Waals surface area contributed by atoms with Crippen molar-refractivity contribution >= 4 is 27.6 Å². The summed E-state index contributed by atoms with van der Waals surface area (Å²) in [5.74, 6) is -0.225. The quantitative estimate of drug-likeness (QED) is 0.0913. The maximum Gasteiger partial charge on any atom is 0.303 e. The molecule has 260 valence electrons. The normalized spacial score (nSPS) is 13.2. The monoisotopic (exact) mass is 689 g/mol. The van der Waals surface area contributed by atoms with Gasteiger partial charge in [0.1, 0.15) is 16.5 Å². The van der Waals surface area contributed by atoms with Crippen molar-refractivity contribution in [3.05, 3.63) is 89.4 Å². The molecule has 0 aliphatic heterocycles. The van der Waals surface area contributed by atoms with Crippen LogP contribution in [-0.2, 0) is 40.8 Å². The van der Waals surface area contributed by atoms with E-state index in [4.69, 9.17) is 14.8 Å². The number of benzene rings is 2. The van der Waals surface area contributed by atoms with E-state index in [0.717, 1.165) is 36.8 Å². The van der Waals surface area contributed by atoms with Crippen LogP contribution in [0.25, 0.3) is 22.3 Å². The van der Waals surface area contributed by atoms with Gasteiger partial charge in [-0.2, -0.15) is 5.10 Å². The third kappa shape index (κ3) is 8.36. The number of hydrogen-bond acceptors (Lipinski definition) is 7. The van der Waals surface area contributed by atoms with Gasteiger partial charge in [-0.05, 0) is 61.3 Å². The number of aromatic amines is 1. The molecule has 10 nitrogen and oxygen atoms in total. The molecular weight excluding hydrogens is 646 g/mol. The number of nitrogens with zero attached hydrogens (tertiary/aromatic N) is 4. The molecular formula is C37H44FN5O5S. The van der Waals surface area contributed by atoms with Crippen LogP contribution in [-0.4, -0.2) is 50.0 Å². The standard InChI is InChI=1S/C37H44FN5O5S/c1-6-36(2,3)15-8-16-37(4,26-10-7-9-24(19-26)11-12-32(44)45)35-41-34(43(5)42-35)25-20-27(23-39-22-25)48-33-29(14-18-49(46)47)28-13-17-40-31(28)21-30(33)38/h7,9-10,13,17,19-23,40,49H,6,8,11-12,14-16,18H2,1-5H3,(H,44,45)/t37-/m1/s1. The molecule has 0 aliphatic carbocycles. The Morgan fingerprint density at radius 3 is 2.61 bits per heavy atom. The molecule has 0 fully saturated rings. The molecule has 0 unspecified atom stereocenters. The van der Waals surface area contributed by atoms with Gasteiger partial charge in [0, 0.05) is 54.0 Å². The number of aromatic nitrogens is 5. The summed E-state index contributed by atoms with van der Waals surface area (Å²) in [6.07, 6.45) is 9.16. The van der Waals surface area contributed by atoms with Crippen molar-refractivity contribution in [1.82, 2.24) is 24.7 Å². The Morgan fingerprint density at radius 2 is 1.88 bits per heavy atom. The molecule has 0 aliphatic rings. The van der Waals surface area contributed by atoms with Crippen molar-refractivity contribution in [2.45, 2.75) is 78.1 Å². The van der Waals surface area contributed by atoms with E-state index >= 15 is 4.39 Å². The average Bonchev–Trinajstić information content (AvgIpc) is 3.70. The van der Waals surface area contributed by atoms with Crippen molar-refractivity contribution in [3.63, 3.8) is 0 Å². The van der Waals surface area contributed by atoms with Crippen LogP contribution in [0.5, 0.6) is 11.5 Å². The molecule has 3 heterocycles. The number of carboxylic acid groups (broad SMARTS) is 1. The Balaban J connectivity index is 1.50. The topological polar surface area (TPSA) is 140 Å². The van der Waals surface area contributed by atoms with Crippen LogP contribution in [0.3, 0.4) is 0 Å². The van der Waals surface area contributed by atoms with Gasteiger partial charge in [-0.1, -0.05) is 57.9 Å². The first-order valence-corrected chi connectivity index (χ1v) is 17.9. The molecule has 12 heteroatoms. The van der Waals surface area contributed by atoms with Gasteiger partial charge in [0.2, 0.25) is 0 Å². The third-order valence-corrected chi connectivity index (χ3v) is 10.1. The number of nitrogens with one attached hydrogen (secondary N) is 1. The second kappa shape index (κ2) is 14.9. The summed E-state index contributed by atoms with van der Waals surface area (Å²) in [7, 11) is -0.859. The fourth-order valence-corrected chi connectivity index (χ4v) is 6.58. The highest BCUT2D eigenvalue weighted by atomic mass is 32.2. The Kier molecular flexibility index (Phi) is 10.9. The Morgan fingerprint density at radius 1 is 1.08 bits per heavy atom. The zero-order valence-corrected chi connectivity index (χ0v) is 29.5. The minimum atomic E-state index is -2.67. The van der Waals surface area contributed by atoms with Crippen molar-refractivity contribution in [3.8, 4) is 22.9 Å². The molecule has 5 rings (SSSR count). The number of ether oxygens (including phenoxy) is 1. The van der Waals surface area contributed by atoms with E-state index in [0.29, 0.717) is 40.1 Å². The highest BCUT2D eigenvalue weighted by molar-refractivity contribution is 7.72. The lowest BCUT2D eigenvalue weighted by atomic mass is 9.74. The van der Waals surface area contributed by atoms with E-state index in [1.807, 2.05) is 19.2 Å². The van der Waals surface area contributed by atoms with Crippen LogP contribution in [0, 0.1) is 11.2 Å². The number of carbonyl (C=O) groups is 1. The Hall–Kier alpha value is -4.58. The van der Waals surface area contributed by atoms with Crippen LogP contribution >= 0.6 is 0 Å². The fourth-order valence-electron chi connectivity index (χ4n) is 6.17. The van der Waals surface area contributed by atoms with Gasteiger partial charge < -0.3 is 14.8 Å². The van der Waals surface area contributed by atoms with Gasteiger partial charge in [-0.25, -0.2) is 22.5 Å². The average molecular weight is 690 g/mol. The molecule has 0 bridgehead atoms. The number of aryl methyl sites for hydroxylation is 3. The number of rotatable bonds is 16. The summed E-state index contributed by atoms with van der Waals surface area (Å²) in [5.41, 5.74) is 3.18. The first-order chi connectivity index (χ1) is 23.3. The SMILES string of the molecule is CCC(C)(C)CCC[C@](C)(c1cccc(CCC(=O)O)c1)c1nc(-c2cncc(Oc3c(F)cc4[nH]ccc4c3CC[SH](=O)=O)c2)n(C)n1. The van der Waals surface area contributed by atoms with Crippen LogP contribution in [0.4, 0.5) is 4.39 Å². The summed E-state index contributed by atoms with van der Waals surface area (Å²) in [5, 5.41) is 14.9. The number of fused-ring (bicyclic) bond motifs is 1. The second-order valence-corrected chi connectivity index (χ2v) is 14.7. The van der Waals surface area contributed by atoms with E-state index < -0.39 is 27.9 Å². The van der Waals surface area contributed by atoms with Crippen LogP contribution < -0.4 is 4.74 Å². The molecule has 49 heavy (non-hydrogen) atoms. The Bertz CT molecular complexity index is 2030. The molecule has 5 aromatic rings.